The predicted octanol–water partition coefficient (Wildman–Crippen LogP) is 1.57. The monoisotopic (exact) mass is 174 g/mol. The minimum absolute atomic E-state index is 0.115. The van der Waals surface area contributed by atoms with Crippen molar-refractivity contribution in [2.75, 3.05) is 5.43 Å². The number of hydrogen-bond acceptors (Lipinski definition) is 3. The van der Waals surface area contributed by atoms with Gasteiger partial charge in [-0.3, -0.25) is 5.84 Å². The van der Waals surface area contributed by atoms with Crippen LogP contribution in [0.1, 0.15) is 0 Å². The molecule has 0 unspecified atom stereocenters. The van der Waals surface area contributed by atoms with Crippen LogP contribution in [0, 0.1) is 0 Å². The number of hydrogen-bond donors (Lipinski definition) is 2. The van der Waals surface area contributed by atoms with Gasteiger partial charge in [0.15, 0.2) is 0 Å². The molecule has 3 N–H and O–H groups in total. The first kappa shape index (κ1) is 8.73. The van der Waals surface area contributed by atoms with Crippen LogP contribution in [0.3, 0.4) is 0 Å². The second-order valence-corrected chi connectivity index (χ2v) is 2.05. The zero-order chi connectivity index (χ0) is 8.97. The predicted molar refractivity (Wildman–Crippen MR) is 40.9 cm³/mol. The molecule has 5 heteroatoms. The molecule has 0 spiro atoms. The summed E-state index contributed by atoms with van der Waals surface area (Å²) in [7, 11) is 0. The van der Waals surface area contributed by atoms with Gasteiger partial charge in [0.05, 0.1) is 0 Å². The number of hydrazine groups is 1. The number of benzene rings is 1. The Morgan fingerprint density at radius 2 is 1.83 bits per heavy atom. The molecule has 0 aliphatic rings. The lowest BCUT2D eigenvalue weighted by Gasteiger charge is -2.04. The molecule has 0 radical (unpaired) electrons. The maximum Gasteiger partial charge on any atom is 0.387 e. The van der Waals surface area contributed by atoms with Gasteiger partial charge in [-0.25, -0.2) is 0 Å². The summed E-state index contributed by atoms with van der Waals surface area (Å²) in [6, 6.07) is 5.89. The quantitative estimate of drug-likeness (QED) is 0.540. The Morgan fingerprint density at radius 3 is 2.25 bits per heavy atom. The molecule has 0 atom stereocenters. The molecule has 0 aliphatic carbocycles. The van der Waals surface area contributed by atoms with Crippen LogP contribution in [0.5, 0.6) is 5.75 Å². The van der Waals surface area contributed by atoms with E-state index in [4.69, 9.17) is 5.84 Å². The molecule has 3 nitrogen and oxygen atoms in total. The molecule has 0 aromatic heterocycles. The highest BCUT2D eigenvalue weighted by Gasteiger charge is 2.02. The minimum atomic E-state index is -2.79. The molecule has 0 heterocycles. The summed E-state index contributed by atoms with van der Waals surface area (Å²) >= 11 is 0. The Bertz CT molecular complexity index is 238. The van der Waals surface area contributed by atoms with Gasteiger partial charge in [-0.1, -0.05) is 0 Å². The molecule has 0 fully saturated rings. The lowest BCUT2D eigenvalue weighted by Crippen LogP contribution is -2.06. The summed E-state index contributed by atoms with van der Waals surface area (Å²) < 4.78 is 27.4. The summed E-state index contributed by atoms with van der Waals surface area (Å²) in [5.74, 6) is 5.18. The van der Waals surface area contributed by atoms with Crippen molar-refractivity contribution >= 4 is 5.69 Å². The highest BCUT2D eigenvalue weighted by molar-refractivity contribution is 5.44. The van der Waals surface area contributed by atoms with Gasteiger partial charge in [-0.15, -0.1) is 0 Å². The second-order valence-electron chi connectivity index (χ2n) is 2.05. The van der Waals surface area contributed by atoms with Gasteiger partial charge in [0.2, 0.25) is 0 Å². The maximum atomic E-state index is 11.6. The van der Waals surface area contributed by atoms with E-state index in [1.807, 2.05) is 0 Å². The van der Waals surface area contributed by atoms with E-state index in [0.29, 0.717) is 5.69 Å². The van der Waals surface area contributed by atoms with Crippen molar-refractivity contribution in [3.8, 4) is 5.75 Å². The summed E-state index contributed by atoms with van der Waals surface area (Å²) in [6.07, 6.45) is 0. The Kier molecular flexibility index (Phi) is 2.82. The van der Waals surface area contributed by atoms with Crippen LogP contribution in [-0.4, -0.2) is 6.61 Å². The van der Waals surface area contributed by atoms with Crippen molar-refractivity contribution in [1.82, 2.24) is 0 Å². The normalized spacial score (nSPS) is 10.0. The third kappa shape index (κ3) is 2.35. The molecule has 12 heavy (non-hydrogen) atoms. The number of alkyl halides is 2. The van der Waals surface area contributed by atoms with Gasteiger partial charge >= 0.3 is 6.61 Å². The van der Waals surface area contributed by atoms with Crippen LogP contribution < -0.4 is 16.0 Å². The number of nitrogen functional groups attached to an aromatic ring is 1. The topological polar surface area (TPSA) is 47.3 Å². The first-order valence-corrected chi connectivity index (χ1v) is 3.24. The van der Waals surface area contributed by atoms with E-state index < -0.39 is 6.61 Å². The second kappa shape index (κ2) is 3.87. The zero-order valence-electron chi connectivity index (χ0n) is 6.13. The Labute approximate surface area is 68.1 Å². The van der Waals surface area contributed by atoms with Gasteiger partial charge in [0.1, 0.15) is 5.75 Å². The SMILES string of the molecule is NNc1ccc(OC(F)F)cc1. The van der Waals surface area contributed by atoms with Crippen LogP contribution in [-0.2, 0) is 0 Å². The molecule has 0 aliphatic heterocycles. The Hall–Kier alpha value is -1.36. The first-order valence-electron chi connectivity index (χ1n) is 3.24. The van der Waals surface area contributed by atoms with E-state index in [2.05, 4.69) is 10.2 Å². The van der Waals surface area contributed by atoms with Crippen molar-refractivity contribution in [3.05, 3.63) is 24.3 Å². The van der Waals surface area contributed by atoms with Crippen molar-refractivity contribution in [2.24, 2.45) is 5.84 Å². The van der Waals surface area contributed by atoms with Crippen LogP contribution >= 0.6 is 0 Å². The first-order chi connectivity index (χ1) is 5.72. The average Bonchev–Trinajstić information content (AvgIpc) is 2.05. The Balaban J connectivity index is 2.65. The molecule has 0 amide bonds. The van der Waals surface area contributed by atoms with E-state index in [-0.39, 0.29) is 5.75 Å². The standard InChI is InChI=1S/C7H8F2N2O/c8-7(9)12-6-3-1-5(11-10)2-4-6/h1-4,7,11H,10H2. The van der Waals surface area contributed by atoms with Crippen molar-refractivity contribution < 1.29 is 13.5 Å². The van der Waals surface area contributed by atoms with E-state index in [1.54, 1.807) is 0 Å². The molecule has 1 aromatic rings. The van der Waals surface area contributed by atoms with Gasteiger partial charge < -0.3 is 10.2 Å². The van der Waals surface area contributed by atoms with Crippen LogP contribution in [0.15, 0.2) is 24.3 Å². The van der Waals surface area contributed by atoms with Crippen LogP contribution in [0.2, 0.25) is 0 Å². The van der Waals surface area contributed by atoms with Gasteiger partial charge in [-0.05, 0) is 24.3 Å². The number of rotatable bonds is 3. The largest absolute Gasteiger partial charge is 0.435 e. The lowest BCUT2D eigenvalue weighted by molar-refractivity contribution is -0.0498. The molecule has 0 bridgehead atoms. The van der Waals surface area contributed by atoms with Gasteiger partial charge in [0.25, 0.3) is 0 Å². The van der Waals surface area contributed by atoms with Crippen LogP contribution in [0.4, 0.5) is 14.5 Å². The fraction of sp³-hybridized carbons (Fsp3) is 0.143. The van der Waals surface area contributed by atoms with Gasteiger partial charge in [0, 0.05) is 5.69 Å². The van der Waals surface area contributed by atoms with Crippen molar-refractivity contribution in [1.29, 1.82) is 0 Å². The summed E-state index contributed by atoms with van der Waals surface area (Å²) in [5.41, 5.74) is 3.00. The summed E-state index contributed by atoms with van der Waals surface area (Å²) in [5, 5.41) is 0. The molecule has 1 aromatic carbocycles. The highest BCUT2D eigenvalue weighted by Crippen LogP contribution is 2.16. The number of nitrogens with one attached hydrogen (secondary N) is 1. The molecule has 0 saturated heterocycles. The number of anilines is 1. The third-order valence-corrected chi connectivity index (χ3v) is 1.25. The molecular formula is C7H8F2N2O. The van der Waals surface area contributed by atoms with E-state index in [9.17, 15) is 8.78 Å². The zero-order valence-corrected chi connectivity index (χ0v) is 6.13. The van der Waals surface area contributed by atoms with Crippen LogP contribution in [0.25, 0.3) is 0 Å². The fourth-order valence-electron chi connectivity index (χ4n) is 0.733. The van der Waals surface area contributed by atoms with E-state index >= 15 is 0 Å². The minimum Gasteiger partial charge on any atom is -0.435 e. The molecule has 1 rings (SSSR count). The number of nitrogens with two attached hydrogens (primary N) is 1. The van der Waals surface area contributed by atoms with Crippen molar-refractivity contribution in [3.63, 3.8) is 0 Å². The lowest BCUT2D eigenvalue weighted by atomic mass is 10.3. The Morgan fingerprint density at radius 1 is 1.25 bits per heavy atom. The van der Waals surface area contributed by atoms with Crippen molar-refractivity contribution in [2.45, 2.75) is 6.61 Å². The molecular weight excluding hydrogens is 166 g/mol. The third-order valence-electron chi connectivity index (χ3n) is 1.25. The molecule has 0 saturated carbocycles. The number of ether oxygens (including phenoxy) is 1. The van der Waals surface area contributed by atoms with E-state index in [1.165, 1.54) is 24.3 Å². The highest BCUT2D eigenvalue weighted by atomic mass is 19.3. The molecule has 66 valence electrons. The smallest absolute Gasteiger partial charge is 0.387 e. The number of halogens is 2. The summed E-state index contributed by atoms with van der Waals surface area (Å²) in [6.45, 7) is -2.79. The average molecular weight is 174 g/mol. The maximum absolute atomic E-state index is 11.6. The fourth-order valence-corrected chi connectivity index (χ4v) is 0.733. The van der Waals surface area contributed by atoms with Gasteiger partial charge in [-0.2, -0.15) is 8.78 Å². The summed E-state index contributed by atoms with van der Waals surface area (Å²) in [4.78, 5) is 0. The van der Waals surface area contributed by atoms with E-state index in [0.717, 1.165) is 0 Å².